The van der Waals surface area contributed by atoms with E-state index in [4.69, 9.17) is 4.55 Å². The van der Waals surface area contributed by atoms with Gasteiger partial charge in [0.05, 0.1) is 23.3 Å². The third-order valence-electron chi connectivity index (χ3n) is 3.91. The van der Waals surface area contributed by atoms with Crippen molar-refractivity contribution in [1.82, 2.24) is 9.97 Å². The molecule has 0 spiro atoms. The number of benzene rings is 2. The second-order valence-electron chi connectivity index (χ2n) is 5.92. The molecule has 2 N–H and O–H groups in total. The summed E-state index contributed by atoms with van der Waals surface area (Å²) in [5, 5.41) is 8.40. The molecule has 3 rings (SSSR count). The highest BCUT2D eigenvalue weighted by Gasteiger charge is 2.08. The Bertz CT molecular complexity index is 1040. The van der Waals surface area contributed by atoms with Crippen LogP contribution in [-0.2, 0) is 14.6 Å². The highest BCUT2D eigenvalue weighted by Crippen LogP contribution is 2.26. The van der Waals surface area contributed by atoms with E-state index in [9.17, 15) is 8.42 Å². The van der Waals surface area contributed by atoms with Crippen LogP contribution in [0.1, 0.15) is 5.56 Å². The molecule has 27 heavy (non-hydrogen) atoms. The zero-order valence-corrected chi connectivity index (χ0v) is 15.6. The lowest BCUT2D eigenvalue weighted by Gasteiger charge is -2.19. The lowest BCUT2D eigenvalue weighted by atomic mass is 10.1. The lowest BCUT2D eigenvalue weighted by Crippen LogP contribution is -2.23. The van der Waals surface area contributed by atoms with E-state index in [1.807, 2.05) is 49.4 Å². The summed E-state index contributed by atoms with van der Waals surface area (Å²) < 4.78 is 34.1. The van der Waals surface area contributed by atoms with Crippen LogP contribution in [0.4, 0.5) is 17.3 Å². The van der Waals surface area contributed by atoms with Crippen LogP contribution < -0.4 is 4.90 Å². The zero-order valence-electron chi connectivity index (χ0n) is 14.8. The van der Waals surface area contributed by atoms with E-state index >= 15 is 0 Å². The number of rotatable bonds is 7. The summed E-state index contributed by atoms with van der Waals surface area (Å²) >= 11 is 0. The van der Waals surface area contributed by atoms with Crippen molar-refractivity contribution >= 4 is 38.8 Å². The number of anilines is 1. The molecule has 1 heterocycles. The Labute approximate surface area is 156 Å². The number of aromatic amines is 1. The normalized spacial score (nSPS) is 12.1. The standard InChI is InChI=1S/C17H19N5O4S/c1-12-11-13(22(2)9-10-26-27(23,24)25)7-8-14(12)20-21-17-18-15-5-3-4-6-16(15)19-17/h3-8,11H,9-10H2,1-2H3,(H,18,19)(H,23,24,25)/b21-20+. The predicted molar refractivity (Wildman–Crippen MR) is 102 cm³/mol. The minimum Gasteiger partial charge on any atom is -0.372 e. The maximum absolute atomic E-state index is 10.6. The van der Waals surface area contributed by atoms with Crippen molar-refractivity contribution in [3.8, 4) is 0 Å². The topological polar surface area (TPSA) is 120 Å². The number of azo groups is 1. The summed E-state index contributed by atoms with van der Waals surface area (Å²) in [6.45, 7) is 2.04. The molecule has 0 atom stereocenters. The van der Waals surface area contributed by atoms with Crippen LogP contribution in [0.15, 0.2) is 52.7 Å². The number of imidazole rings is 1. The number of likely N-dealkylation sites (N-methyl/N-ethyl adjacent to an activating group) is 1. The molecule has 142 valence electrons. The van der Waals surface area contributed by atoms with Crippen molar-refractivity contribution in [2.45, 2.75) is 6.92 Å². The van der Waals surface area contributed by atoms with Gasteiger partial charge in [-0.25, -0.2) is 9.17 Å². The molecule has 9 nitrogen and oxygen atoms in total. The number of nitrogens with zero attached hydrogens (tertiary/aromatic N) is 4. The maximum atomic E-state index is 10.6. The summed E-state index contributed by atoms with van der Waals surface area (Å²) in [7, 11) is -2.63. The minimum atomic E-state index is -4.42. The van der Waals surface area contributed by atoms with Crippen molar-refractivity contribution in [3.05, 3.63) is 48.0 Å². The third kappa shape index (κ3) is 5.09. The lowest BCUT2D eigenvalue weighted by molar-refractivity contribution is 0.274. The van der Waals surface area contributed by atoms with Crippen LogP contribution in [0.3, 0.4) is 0 Å². The monoisotopic (exact) mass is 389 g/mol. The summed E-state index contributed by atoms with van der Waals surface area (Å²) in [5.74, 6) is 0.430. The molecule has 0 amide bonds. The molecule has 0 radical (unpaired) electrons. The number of nitrogens with one attached hydrogen (secondary N) is 1. The molecule has 0 saturated heterocycles. The number of fused-ring (bicyclic) bond motifs is 1. The number of H-pyrrole nitrogens is 1. The number of para-hydroxylation sites is 2. The van der Waals surface area contributed by atoms with Crippen molar-refractivity contribution in [1.29, 1.82) is 0 Å². The first-order chi connectivity index (χ1) is 12.8. The van der Waals surface area contributed by atoms with Gasteiger partial charge in [-0.2, -0.15) is 8.42 Å². The average molecular weight is 389 g/mol. The van der Waals surface area contributed by atoms with Gasteiger partial charge in [-0.05, 0) is 42.8 Å². The van der Waals surface area contributed by atoms with Gasteiger partial charge in [-0.1, -0.05) is 12.1 Å². The fourth-order valence-corrected chi connectivity index (χ4v) is 2.77. The molecule has 0 fully saturated rings. The molecule has 0 aliphatic rings. The predicted octanol–water partition coefficient (Wildman–Crippen LogP) is 3.54. The Morgan fingerprint density at radius 3 is 2.70 bits per heavy atom. The fraction of sp³-hybridized carbons (Fsp3) is 0.235. The van der Waals surface area contributed by atoms with Gasteiger partial charge in [-0.3, -0.25) is 4.55 Å². The van der Waals surface area contributed by atoms with E-state index in [1.54, 1.807) is 11.9 Å². The first-order valence-electron chi connectivity index (χ1n) is 8.12. The molecule has 0 bridgehead atoms. The summed E-state index contributed by atoms with van der Waals surface area (Å²) in [4.78, 5) is 9.24. The summed E-state index contributed by atoms with van der Waals surface area (Å²) in [6.07, 6.45) is 0. The van der Waals surface area contributed by atoms with Gasteiger partial charge in [0.15, 0.2) is 0 Å². The quantitative estimate of drug-likeness (QED) is 0.471. The van der Waals surface area contributed by atoms with Crippen LogP contribution >= 0.6 is 0 Å². The van der Waals surface area contributed by atoms with Crippen molar-refractivity contribution < 1.29 is 17.2 Å². The van der Waals surface area contributed by atoms with E-state index in [1.165, 1.54) is 0 Å². The fourth-order valence-electron chi connectivity index (χ4n) is 2.49. The molecular weight excluding hydrogens is 370 g/mol. The molecule has 0 aliphatic heterocycles. The molecule has 10 heteroatoms. The van der Waals surface area contributed by atoms with Gasteiger partial charge in [0.2, 0.25) is 5.95 Å². The van der Waals surface area contributed by atoms with E-state index in [-0.39, 0.29) is 6.61 Å². The first-order valence-corrected chi connectivity index (χ1v) is 9.48. The van der Waals surface area contributed by atoms with Gasteiger partial charge in [0, 0.05) is 19.3 Å². The molecular formula is C17H19N5O4S. The largest absolute Gasteiger partial charge is 0.397 e. The number of aryl methyl sites for hydroxylation is 1. The molecule has 1 aromatic heterocycles. The van der Waals surface area contributed by atoms with Crippen LogP contribution in [-0.4, -0.2) is 43.1 Å². The number of hydrogen-bond acceptors (Lipinski definition) is 7. The van der Waals surface area contributed by atoms with E-state index in [2.05, 4.69) is 24.4 Å². The molecule has 2 aromatic carbocycles. The molecule has 0 unspecified atom stereocenters. The first kappa shape index (κ1) is 19.0. The van der Waals surface area contributed by atoms with Crippen molar-refractivity contribution in [2.75, 3.05) is 25.1 Å². The van der Waals surface area contributed by atoms with Gasteiger partial charge >= 0.3 is 10.4 Å². The van der Waals surface area contributed by atoms with Crippen LogP contribution in [0, 0.1) is 6.92 Å². The van der Waals surface area contributed by atoms with Gasteiger partial charge in [-0.15, -0.1) is 10.2 Å². The van der Waals surface area contributed by atoms with E-state index in [0.29, 0.717) is 18.2 Å². The average Bonchev–Trinajstić information content (AvgIpc) is 3.02. The Morgan fingerprint density at radius 2 is 2.00 bits per heavy atom. The van der Waals surface area contributed by atoms with Crippen molar-refractivity contribution in [2.24, 2.45) is 10.2 Å². The SMILES string of the molecule is Cc1cc(N(C)CCOS(=O)(=O)O)ccc1/N=N/c1nc2ccccc2[nH]1. The van der Waals surface area contributed by atoms with Crippen LogP contribution in [0.2, 0.25) is 0 Å². The Kier molecular flexibility index (Phi) is 5.49. The van der Waals surface area contributed by atoms with Crippen LogP contribution in [0.25, 0.3) is 11.0 Å². The summed E-state index contributed by atoms with van der Waals surface area (Å²) in [5.41, 5.74) is 4.17. The van der Waals surface area contributed by atoms with Gasteiger partial charge in [0.25, 0.3) is 0 Å². The van der Waals surface area contributed by atoms with E-state index < -0.39 is 10.4 Å². The maximum Gasteiger partial charge on any atom is 0.397 e. The Morgan fingerprint density at radius 1 is 1.22 bits per heavy atom. The Hall–Kier alpha value is -2.82. The Balaban J connectivity index is 1.68. The minimum absolute atomic E-state index is 0.151. The second-order valence-corrected chi connectivity index (χ2v) is 7.01. The second kappa shape index (κ2) is 7.82. The van der Waals surface area contributed by atoms with Crippen LogP contribution in [0.5, 0.6) is 0 Å². The highest BCUT2D eigenvalue weighted by atomic mass is 32.3. The zero-order chi connectivity index (χ0) is 19.4. The third-order valence-corrected chi connectivity index (χ3v) is 4.37. The highest BCUT2D eigenvalue weighted by molar-refractivity contribution is 7.80. The molecule has 0 saturated carbocycles. The molecule has 0 aliphatic carbocycles. The van der Waals surface area contributed by atoms with Gasteiger partial charge in [0.1, 0.15) is 0 Å². The smallest absolute Gasteiger partial charge is 0.372 e. The summed E-state index contributed by atoms with van der Waals surface area (Å²) in [6, 6.07) is 13.2. The number of aromatic nitrogens is 2. The number of hydrogen-bond donors (Lipinski definition) is 2. The van der Waals surface area contributed by atoms with E-state index in [0.717, 1.165) is 22.3 Å². The van der Waals surface area contributed by atoms with Gasteiger partial charge < -0.3 is 9.88 Å². The molecule has 3 aromatic rings. The van der Waals surface area contributed by atoms with Crippen molar-refractivity contribution in [3.63, 3.8) is 0 Å².